The molecular formula is C21H30N6O4. The third kappa shape index (κ3) is 5.65. The van der Waals surface area contributed by atoms with E-state index in [0.29, 0.717) is 32.2 Å². The van der Waals surface area contributed by atoms with E-state index in [1.165, 1.54) is 0 Å². The Kier molecular flexibility index (Phi) is 6.67. The number of phenols is 1. The van der Waals surface area contributed by atoms with Gasteiger partial charge in [0.15, 0.2) is 5.96 Å². The number of guanidine groups is 1. The van der Waals surface area contributed by atoms with Crippen molar-refractivity contribution < 1.29 is 19.5 Å². The summed E-state index contributed by atoms with van der Waals surface area (Å²) in [5.74, 6) is -1.45. The molecule has 1 aliphatic carbocycles. The van der Waals surface area contributed by atoms with E-state index in [1.807, 2.05) is 0 Å². The number of nitrogens with two attached hydrogens (primary N) is 2. The zero-order valence-corrected chi connectivity index (χ0v) is 17.3. The summed E-state index contributed by atoms with van der Waals surface area (Å²) in [6.07, 6.45) is 3.61. The molecule has 9 N–H and O–H groups in total. The number of piperidine rings is 1. The van der Waals surface area contributed by atoms with E-state index in [9.17, 15) is 19.5 Å². The number of aromatic hydroxyl groups is 1. The zero-order valence-electron chi connectivity index (χ0n) is 17.3. The maximum Gasteiger partial charge on any atom is 0.243 e. The summed E-state index contributed by atoms with van der Waals surface area (Å²) in [6.45, 7) is 0.386. The summed E-state index contributed by atoms with van der Waals surface area (Å²) in [4.78, 5) is 37.4. The average molecular weight is 431 g/mol. The van der Waals surface area contributed by atoms with E-state index in [4.69, 9.17) is 16.9 Å². The van der Waals surface area contributed by atoms with Crippen molar-refractivity contribution in [2.75, 3.05) is 6.54 Å². The van der Waals surface area contributed by atoms with Crippen molar-refractivity contribution in [3.63, 3.8) is 0 Å². The molecule has 1 heterocycles. The van der Waals surface area contributed by atoms with E-state index in [-0.39, 0.29) is 28.9 Å². The van der Waals surface area contributed by atoms with Crippen molar-refractivity contribution in [1.82, 2.24) is 16.0 Å². The molecule has 3 amide bonds. The smallest absolute Gasteiger partial charge is 0.243 e. The van der Waals surface area contributed by atoms with E-state index in [2.05, 4.69) is 16.0 Å². The third-order valence-electron chi connectivity index (χ3n) is 6.21. The Morgan fingerprint density at radius 1 is 1.26 bits per heavy atom. The number of hydrogen-bond donors (Lipinski definition) is 7. The minimum atomic E-state index is -0.858. The van der Waals surface area contributed by atoms with Gasteiger partial charge in [0.25, 0.3) is 0 Å². The van der Waals surface area contributed by atoms with Crippen LogP contribution in [0.25, 0.3) is 0 Å². The van der Waals surface area contributed by atoms with Gasteiger partial charge in [-0.3, -0.25) is 19.8 Å². The van der Waals surface area contributed by atoms with Gasteiger partial charge in [0.05, 0.1) is 0 Å². The molecule has 0 radical (unpaired) electrons. The Morgan fingerprint density at radius 2 is 1.94 bits per heavy atom. The highest BCUT2D eigenvalue weighted by Crippen LogP contribution is 2.58. The Balaban J connectivity index is 1.58. The molecule has 1 saturated heterocycles. The molecule has 3 rings (SSSR count). The van der Waals surface area contributed by atoms with Crippen molar-refractivity contribution in [1.29, 1.82) is 5.41 Å². The van der Waals surface area contributed by atoms with Gasteiger partial charge in [-0.2, -0.15) is 0 Å². The molecule has 1 saturated carbocycles. The molecule has 1 aromatic carbocycles. The van der Waals surface area contributed by atoms with E-state index < -0.39 is 23.9 Å². The van der Waals surface area contributed by atoms with Gasteiger partial charge in [0, 0.05) is 12.5 Å². The van der Waals surface area contributed by atoms with Crippen LogP contribution in [0, 0.1) is 16.7 Å². The van der Waals surface area contributed by atoms with Crippen LogP contribution in [0.5, 0.6) is 5.75 Å². The normalized spacial score (nSPS) is 22.3. The lowest BCUT2D eigenvalue weighted by Gasteiger charge is -2.36. The van der Waals surface area contributed by atoms with Gasteiger partial charge in [0.2, 0.25) is 17.7 Å². The average Bonchev–Trinajstić information content (AvgIpc) is 3.47. The summed E-state index contributed by atoms with van der Waals surface area (Å²) in [7, 11) is 0. The molecule has 31 heavy (non-hydrogen) atoms. The number of carbonyl (C=O) groups excluding carboxylic acids is 3. The summed E-state index contributed by atoms with van der Waals surface area (Å²) < 4.78 is 0. The lowest BCUT2D eigenvalue weighted by molar-refractivity contribution is -0.138. The Morgan fingerprint density at radius 3 is 2.52 bits per heavy atom. The number of carbonyl (C=O) groups is 3. The van der Waals surface area contributed by atoms with Crippen molar-refractivity contribution in [2.45, 2.75) is 50.6 Å². The van der Waals surface area contributed by atoms with Crippen LogP contribution in [0.2, 0.25) is 0 Å². The summed E-state index contributed by atoms with van der Waals surface area (Å²) >= 11 is 0. The second kappa shape index (κ2) is 9.23. The van der Waals surface area contributed by atoms with Gasteiger partial charge in [-0.25, -0.2) is 0 Å². The summed E-state index contributed by atoms with van der Waals surface area (Å²) in [5.41, 5.74) is 11.4. The fourth-order valence-corrected chi connectivity index (χ4v) is 4.29. The molecule has 1 spiro atoms. The molecule has 0 unspecified atom stereocenters. The van der Waals surface area contributed by atoms with Crippen molar-refractivity contribution >= 4 is 23.7 Å². The van der Waals surface area contributed by atoms with Crippen molar-refractivity contribution in [2.24, 2.45) is 22.8 Å². The predicted molar refractivity (Wildman–Crippen MR) is 114 cm³/mol. The molecule has 2 aliphatic rings. The van der Waals surface area contributed by atoms with Gasteiger partial charge < -0.3 is 32.5 Å². The number of benzene rings is 1. The Bertz CT molecular complexity index is 852. The van der Waals surface area contributed by atoms with Gasteiger partial charge >= 0.3 is 0 Å². The van der Waals surface area contributed by atoms with E-state index in [0.717, 1.165) is 18.4 Å². The minimum absolute atomic E-state index is 0.166. The van der Waals surface area contributed by atoms with Crippen LogP contribution in [-0.4, -0.2) is 47.4 Å². The van der Waals surface area contributed by atoms with Crippen molar-refractivity contribution in [3.8, 4) is 5.75 Å². The molecule has 0 bridgehead atoms. The lowest BCUT2D eigenvalue weighted by Crippen LogP contribution is -2.58. The van der Waals surface area contributed by atoms with Crippen molar-refractivity contribution in [3.05, 3.63) is 29.8 Å². The standard InChI is InChI=1S/C21H30N6O4/c22-17(29)15(2-1-9-25-20(23)24)26-19(31)16-11-21(7-8-21)14(18(30)27-16)10-12-3-5-13(28)6-4-12/h3-6,14-16,28H,1-2,7-11H2,(H2,22,29)(H,26,31)(H,27,30)(H4,23,24,25)/t14-,15+,16+/m1/s1. The first kappa shape index (κ1) is 22.4. The Hall–Kier alpha value is -3.30. The lowest BCUT2D eigenvalue weighted by atomic mass is 9.76. The third-order valence-corrected chi connectivity index (χ3v) is 6.21. The van der Waals surface area contributed by atoms with E-state index >= 15 is 0 Å². The van der Waals surface area contributed by atoms with Crippen LogP contribution in [0.4, 0.5) is 0 Å². The number of nitrogens with one attached hydrogen (secondary N) is 4. The molecule has 168 valence electrons. The molecule has 1 aliphatic heterocycles. The number of primary amides is 1. The zero-order chi connectivity index (χ0) is 22.6. The van der Waals surface area contributed by atoms with Crippen LogP contribution in [0.1, 0.15) is 37.7 Å². The molecular weight excluding hydrogens is 400 g/mol. The molecule has 3 atom stereocenters. The first-order chi connectivity index (χ1) is 14.7. The predicted octanol–water partition coefficient (Wildman–Crippen LogP) is -0.547. The SMILES string of the molecule is N=C(N)NCCC[C@H](NC(=O)[C@@H]1CC2(CC2)[C@H](Cc2ccc(O)cc2)C(=O)N1)C(N)=O. The minimum Gasteiger partial charge on any atom is -0.508 e. The van der Waals surface area contributed by atoms with Crippen LogP contribution in [0.15, 0.2) is 24.3 Å². The highest BCUT2D eigenvalue weighted by molar-refractivity contribution is 5.93. The molecule has 2 fully saturated rings. The second-order valence-electron chi connectivity index (χ2n) is 8.50. The van der Waals surface area contributed by atoms with Gasteiger partial charge in [-0.1, -0.05) is 12.1 Å². The monoisotopic (exact) mass is 430 g/mol. The quantitative estimate of drug-likeness (QED) is 0.157. The highest BCUT2D eigenvalue weighted by Gasteiger charge is 2.57. The largest absolute Gasteiger partial charge is 0.508 e. The Labute approximate surface area is 180 Å². The van der Waals surface area contributed by atoms with Gasteiger partial charge in [0.1, 0.15) is 17.8 Å². The number of rotatable bonds is 9. The molecule has 1 aromatic rings. The first-order valence-corrected chi connectivity index (χ1v) is 10.5. The van der Waals surface area contributed by atoms with Crippen LogP contribution < -0.4 is 27.4 Å². The fourth-order valence-electron chi connectivity index (χ4n) is 4.29. The molecule has 10 heteroatoms. The number of hydrogen-bond acceptors (Lipinski definition) is 5. The maximum atomic E-state index is 12.9. The van der Waals surface area contributed by atoms with Crippen LogP contribution in [0.3, 0.4) is 0 Å². The number of phenolic OH excluding ortho intramolecular Hbond substituents is 1. The van der Waals surface area contributed by atoms with E-state index in [1.54, 1.807) is 24.3 Å². The topological polar surface area (TPSA) is 183 Å². The maximum absolute atomic E-state index is 12.9. The summed E-state index contributed by atoms with van der Waals surface area (Å²) in [5, 5.41) is 24.7. The molecule has 10 nitrogen and oxygen atoms in total. The second-order valence-corrected chi connectivity index (χ2v) is 8.50. The van der Waals surface area contributed by atoms with Crippen LogP contribution >= 0.6 is 0 Å². The fraction of sp³-hybridized carbons (Fsp3) is 0.524. The first-order valence-electron chi connectivity index (χ1n) is 10.5. The van der Waals surface area contributed by atoms with Gasteiger partial charge in [-0.15, -0.1) is 0 Å². The van der Waals surface area contributed by atoms with Gasteiger partial charge in [-0.05, 0) is 61.6 Å². The van der Waals surface area contributed by atoms with Crippen LogP contribution in [-0.2, 0) is 20.8 Å². The number of amides is 3. The molecule has 0 aromatic heterocycles. The summed E-state index contributed by atoms with van der Waals surface area (Å²) in [6, 6.07) is 5.24. The highest BCUT2D eigenvalue weighted by atomic mass is 16.3.